The fraction of sp³-hybridized carbons (Fsp3) is 0.320. The first-order chi connectivity index (χ1) is 18.1. The van der Waals surface area contributed by atoms with Crippen LogP contribution in [0.2, 0.25) is 5.02 Å². The number of carbonyl (C=O) groups excluding carboxylic acids is 1. The summed E-state index contributed by atoms with van der Waals surface area (Å²) in [5.41, 5.74) is 0.636. The van der Waals surface area contributed by atoms with Crippen molar-refractivity contribution in [3.63, 3.8) is 0 Å². The number of hydrogen-bond donors (Lipinski definition) is 1. The van der Waals surface area contributed by atoms with E-state index in [9.17, 15) is 26.7 Å². The minimum Gasteiger partial charge on any atom is -0.345 e. The number of amides is 1. The summed E-state index contributed by atoms with van der Waals surface area (Å²) < 4.78 is 66.3. The molecule has 2 aromatic carbocycles. The summed E-state index contributed by atoms with van der Waals surface area (Å²) in [5, 5.41) is 8.25. The van der Waals surface area contributed by atoms with E-state index in [1.165, 1.54) is 28.6 Å². The van der Waals surface area contributed by atoms with Crippen LogP contribution in [-0.2, 0) is 17.5 Å². The summed E-state index contributed by atoms with van der Waals surface area (Å²) in [7, 11) is 0. The van der Waals surface area contributed by atoms with Crippen LogP contribution < -0.4 is 5.32 Å². The van der Waals surface area contributed by atoms with E-state index in [2.05, 4.69) is 15.4 Å². The quantitative estimate of drug-likeness (QED) is 0.342. The maximum Gasteiger partial charge on any atom is 0.416 e. The molecule has 1 aromatic heterocycles. The van der Waals surface area contributed by atoms with Crippen molar-refractivity contribution < 1.29 is 26.7 Å². The molecule has 0 spiro atoms. The second kappa shape index (κ2) is 10.7. The summed E-state index contributed by atoms with van der Waals surface area (Å²) in [6.07, 6.45) is -2.72. The lowest BCUT2D eigenvalue weighted by Gasteiger charge is -2.35. The second-order valence-corrected chi connectivity index (χ2v) is 10.4. The second-order valence-electron chi connectivity index (χ2n) is 8.99. The molecule has 6 rings (SSSR count). The molecule has 3 aliphatic heterocycles. The molecule has 4 heterocycles. The molecule has 2 fully saturated rings. The highest BCUT2D eigenvalue weighted by Gasteiger charge is 2.35. The van der Waals surface area contributed by atoms with Gasteiger partial charge in [-0.2, -0.15) is 23.3 Å². The highest BCUT2D eigenvalue weighted by atomic mass is 35.5. The van der Waals surface area contributed by atoms with Crippen molar-refractivity contribution in [3.8, 4) is 0 Å². The molecule has 13 heteroatoms. The predicted molar refractivity (Wildman–Crippen MR) is 138 cm³/mol. The van der Waals surface area contributed by atoms with E-state index in [0.717, 1.165) is 11.6 Å². The Bertz CT molecular complexity index is 1430. The van der Waals surface area contributed by atoms with E-state index in [1.54, 1.807) is 35.4 Å². The van der Waals surface area contributed by atoms with Crippen LogP contribution in [0, 0.1) is 0 Å². The van der Waals surface area contributed by atoms with Crippen LogP contribution in [0.15, 0.2) is 52.5 Å². The van der Waals surface area contributed by atoms with Gasteiger partial charge in [0.1, 0.15) is 12.3 Å². The Kier molecular flexibility index (Phi) is 7.47. The number of aromatic nitrogens is 2. The zero-order valence-electron chi connectivity index (χ0n) is 19.7. The lowest BCUT2D eigenvalue weighted by Crippen LogP contribution is -2.50. The van der Waals surface area contributed by atoms with Crippen molar-refractivity contribution in [2.45, 2.75) is 25.1 Å². The third-order valence-corrected chi connectivity index (χ3v) is 7.39. The van der Waals surface area contributed by atoms with Crippen LogP contribution in [-0.4, -0.2) is 64.3 Å². The Morgan fingerprint density at radius 1 is 1.11 bits per heavy atom. The minimum absolute atomic E-state index is 0.0131. The molecule has 1 N–H and O–H groups in total. The topological polar surface area (TPSA) is 62.5 Å². The zero-order chi connectivity index (χ0) is 27.0. The lowest BCUT2D eigenvalue weighted by atomic mass is 10.1. The Morgan fingerprint density at radius 3 is 2.47 bits per heavy atom. The molecule has 0 bridgehead atoms. The summed E-state index contributed by atoms with van der Waals surface area (Å²) >= 11 is 6.96. The van der Waals surface area contributed by atoms with E-state index in [-0.39, 0.29) is 36.1 Å². The van der Waals surface area contributed by atoms with Crippen molar-refractivity contribution in [1.82, 2.24) is 20.0 Å². The highest BCUT2D eigenvalue weighted by molar-refractivity contribution is 8.18. The number of benzene rings is 2. The van der Waals surface area contributed by atoms with E-state index in [1.807, 2.05) is 0 Å². The zero-order valence-corrected chi connectivity index (χ0v) is 21.3. The van der Waals surface area contributed by atoms with Gasteiger partial charge in [-0.1, -0.05) is 23.7 Å². The van der Waals surface area contributed by atoms with Gasteiger partial charge < -0.3 is 10.2 Å². The number of likely N-dealkylation sites (tertiary alicyclic amines) is 1. The lowest BCUT2D eigenvalue weighted by molar-refractivity contribution is -0.138. The van der Waals surface area contributed by atoms with Crippen LogP contribution >= 0.6 is 23.4 Å². The normalized spacial score (nSPS) is 19.3. The summed E-state index contributed by atoms with van der Waals surface area (Å²) in [6, 6.07) is 8.97. The van der Waals surface area contributed by atoms with Crippen LogP contribution in [0.5, 0.6) is 0 Å². The third kappa shape index (κ3) is 5.87. The molecule has 0 saturated carbocycles. The molecular weight excluding hydrogens is 549 g/mol. The van der Waals surface area contributed by atoms with Gasteiger partial charge in [0, 0.05) is 23.5 Å². The van der Waals surface area contributed by atoms with E-state index in [4.69, 9.17) is 11.6 Å². The van der Waals surface area contributed by atoms with Gasteiger partial charge in [-0.15, -0.1) is 0 Å². The number of amidine groups is 1. The van der Waals surface area contributed by atoms with Gasteiger partial charge in [0.05, 0.1) is 41.8 Å². The van der Waals surface area contributed by atoms with Gasteiger partial charge in [0.2, 0.25) is 0 Å². The van der Waals surface area contributed by atoms with E-state index < -0.39 is 24.1 Å². The van der Waals surface area contributed by atoms with Gasteiger partial charge >= 0.3 is 6.18 Å². The highest BCUT2D eigenvalue weighted by Crippen LogP contribution is 2.35. The fourth-order valence-electron chi connectivity index (χ4n) is 3.95. The number of fused-ring (bicyclic) bond motifs is 1. The third-order valence-electron chi connectivity index (χ3n) is 6.11. The van der Waals surface area contributed by atoms with Crippen LogP contribution in [0.1, 0.15) is 16.7 Å². The molecule has 200 valence electrons. The fourth-order valence-corrected chi connectivity index (χ4v) is 5.06. The van der Waals surface area contributed by atoms with E-state index in [0.29, 0.717) is 34.1 Å². The molecule has 2 saturated heterocycles. The van der Waals surface area contributed by atoms with Crippen LogP contribution in [0.25, 0.3) is 17.0 Å². The molecule has 3 aliphatic rings. The number of rotatable bonds is 3. The molecule has 6 nitrogen and oxygen atoms in total. The Balaban J connectivity index is 0.000000529. The maximum absolute atomic E-state index is 13.4. The van der Waals surface area contributed by atoms with Crippen LogP contribution in [0.3, 0.4) is 0 Å². The molecule has 0 radical (unpaired) electrons. The SMILES string of the molecule is FC1CNC1.O=C1N=C(N2CC(F)C2)SC1=Cc1ccc2c(cnn2Cc2ccc(Cl)cc2C(F)(F)F)c1. The Labute approximate surface area is 223 Å². The van der Waals surface area contributed by atoms with Crippen molar-refractivity contribution in [3.05, 3.63) is 69.2 Å². The van der Waals surface area contributed by atoms with Crippen molar-refractivity contribution in [1.29, 1.82) is 0 Å². The van der Waals surface area contributed by atoms with Crippen LogP contribution in [0.4, 0.5) is 22.0 Å². The number of hydrogen-bond acceptors (Lipinski definition) is 5. The first-order valence-corrected chi connectivity index (χ1v) is 12.8. The number of thioether (sulfide) groups is 1. The average molecular weight is 570 g/mol. The van der Waals surface area contributed by atoms with Gasteiger partial charge in [0.25, 0.3) is 5.91 Å². The van der Waals surface area contributed by atoms with Crippen molar-refractivity contribution >= 4 is 51.4 Å². The standard InChI is InChI=1S/C22H15ClF4N4OS.C3H6FN/c23-15-3-2-13(17(7-15)22(25,26)27)9-31-18-4-1-12(5-14(18)8-28-31)6-19-20(32)29-21(33-19)30-10-16(24)11-30;4-3-1-5-2-3/h1-8,16H,9-11H2;3,5H,1-2H2. The first kappa shape index (κ1) is 26.6. The largest absolute Gasteiger partial charge is 0.416 e. The summed E-state index contributed by atoms with van der Waals surface area (Å²) in [5.74, 6) is -0.379. The van der Waals surface area contributed by atoms with Gasteiger partial charge in [-0.25, -0.2) is 8.78 Å². The molecule has 0 atom stereocenters. The Hall–Kier alpha value is -2.96. The molecule has 3 aromatic rings. The van der Waals surface area contributed by atoms with Crippen molar-refractivity contribution in [2.24, 2.45) is 4.99 Å². The number of nitrogens with one attached hydrogen (secondary N) is 1. The molecule has 1 amide bonds. The van der Waals surface area contributed by atoms with Gasteiger partial charge in [-0.3, -0.25) is 9.48 Å². The number of carbonyl (C=O) groups is 1. The number of nitrogens with zero attached hydrogens (tertiary/aromatic N) is 4. The van der Waals surface area contributed by atoms with Gasteiger partial charge in [-0.05, 0) is 53.2 Å². The predicted octanol–water partition coefficient (Wildman–Crippen LogP) is 5.31. The molecule has 0 unspecified atom stereocenters. The minimum atomic E-state index is -4.53. The molecular formula is C25H21ClF5N5OS. The Morgan fingerprint density at radius 2 is 1.84 bits per heavy atom. The van der Waals surface area contributed by atoms with Gasteiger partial charge in [0.15, 0.2) is 5.17 Å². The smallest absolute Gasteiger partial charge is 0.345 e. The summed E-state index contributed by atoms with van der Waals surface area (Å²) in [6.45, 7) is 1.54. The molecule has 0 aliphatic carbocycles. The summed E-state index contributed by atoms with van der Waals surface area (Å²) in [4.78, 5) is 18.3. The van der Waals surface area contributed by atoms with Crippen molar-refractivity contribution in [2.75, 3.05) is 26.2 Å². The van der Waals surface area contributed by atoms with E-state index >= 15 is 0 Å². The molecule has 38 heavy (non-hydrogen) atoms. The number of aliphatic imine (C=N–C) groups is 1. The average Bonchev–Trinajstić information content (AvgIpc) is 3.39. The number of alkyl halides is 5. The first-order valence-electron chi connectivity index (χ1n) is 11.6. The monoisotopic (exact) mass is 569 g/mol. The number of halogens is 6. The maximum atomic E-state index is 13.4.